The first-order chi connectivity index (χ1) is 7.80. The molecule has 0 saturated carbocycles. The van der Waals surface area contributed by atoms with Gasteiger partial charge in [0.25, 0.3) is 0 Å². The van der Waals surface area contributed by atoms with Crippen molar-refractivity contribution in [2.75, 3.05) is 0 Å². The third kappa shape index (κ3) is 1.93. The van der Waals surface area contributed by atoms with Crippen molar-refractivity contribution >= 4 is 11.5 Å². The van der Waals surface area contributed by atoms with Crippen molar-refractivity contribution in [3.8, 4) is 0 Å². The number of aliphatic hydroxyl groups is 1. The lowest BCUT2D eigenvalue weighted by molar-refractivity contribution is -0.115. The summed E-state index contributed by atoms with van der Waals surface area (Å²) >= 11 is 0. The van der Waals surface area contributed by atoms with Crippen LogP contribution >= 0.6 is 0 Å². The highest BCUT2D eigenvalue weighted by Gasteiger charge is 2.25. The molecule has 0 atom stereocenters. The number of aliphatic hydroxyl groups excluding tert-OH is 1. The van der Waals surface area contributed by atoms with Crippen molar-refractivity contribution in [2.45, 2.75) is 32.6 Å². The van der Waals surface area contributed by atoms with E-state index in [0.29, 0.717) is 5.56 Å². The summed E-state index contributed by atoms with van der Waals surface area (Å²) in [7, 11) is 0. The van der Waals surface area contributed by atoms with Gasteiger partial charge in [-0.15, -0.1) is 0 Å². The second-order valence-electron chi connectivity index (χ2n) is 5.48. The molecule has 0 radical (unpaired) electrons. The number of rotatable bonds is 0. The van der Waals surface area contributed by atoms with Crippen LogP contribution in [0.25, 0.3) is 5.76 Å². The Bertz CT molecular complexity index is 522. The van der Waals surface area contributed by atoms with Gasteiger partial charge in [-0.1, -0.05) is 32.9 Å². The Hall–Kier alpha value is -1.77. The van der Waals surface area contributed by atoms with Crippen LogP contribution in [0.1, 0.15) is 37.5 Å². The summed E-state index contributed by atoms with van der Waals surface area (Å²) in [5, 5.41) is 9.92. The van der Waals surface area contributed by atoms with E-state index in [2.05, 4.69) is 20.8 Å². The number of fused-ring (bicyclic) bond motifs is 1. The monoisotopic (exact) mass is 231 g/mol. The minimum atomic E-state index is -0.210. The maximum Gasteiger partial charge on any atom is 0.186 e. The molecular weight excluding hydrogens is 214 g/mol. The molecule has 90 valence electrons. The lowest BCUT2D eigenvalue weighted by Gasteiger charge is -2.23. The largest absolute Gasteiger partial charge is 0.505 e. The zero-order valence-corrected chi connectivity index (χ0v) is 10.4. The maximum absolute atomic E-state index is 11.5. The SMILES string of the molecule is CC(C)(C)c1ccc2c(c1)C(O)=C(N)C(=O)C2. The zero-order valence-electron chi connectivity index (χ0n) is 10.4. The molecule has 3 heteroatoms. The van der Waals surface area contributed by atoms with Gasteiger partial charge in [-0.05, 0) is 22.6 Å². The van der Waals surface area contributed by atoms with Gasteiger partial charge < -0.3 is 10.8 Å². The predicted octanol–water partition coefficient (Wildman–Crippen LogP) is 2.29. The van der Waals surface area contributed by atoms with Crippen LogP contribution in [0.2, 0.25) is 0 Å². The molecule has 0 unspecified atom stereocenters. The first-order valence-corrected chi connectivity index (χ1v) is 5.66. The lowest BCUT2D eigenvalue weighted by Crippen LogP contribution is -2.22. The smallest absolute Gasteiger partial charge is 0.186 e. The van der Waals surface area contributed by atoms with Crippen LogP contribution in [-0.4, -0.2) is 10.9 Å². The van der Waals surface area contributed by atoms with Gasteiger partial charge in [-0.25, -0.2) is 0 Å². The molecule has 0 saturated heterocycles. The number of nitrogens with two attached hydrogens (primary N) is 1. The Morgan fingerprint density at radius 1 is 1.29 bits per heavy atom. The van der Waals surface area contributed by atoms with E-state index in [0.717, 1.165) is 11.1 Å². The minimum Gasteiger partial charge on any atom is -0.505 e. The van der Waals surface area contributed by atoms with E-state index in [1.54, 1.807) is 0 Å². The standard InChI is InChI=1S/C14H17NO2/c1-14(2,3)9-5-4-8-6-11(16)12(15)13(17)10(8)7-9/h4-5,7,17H,6,15H2,1-3H3. The molecule has 1 aliphatic carbocycles. The highest BCUT2D eigenvalue weighted by atomic mass is 16.3. The summed E-state index contributed by atoms with van der Waals surface area (Å²) in [4.78, 5) is 11.5. The topological polar surface area (TPSA) is 63.3 Å². The molecule has 17 heavy (non-hydrogen) atoms. The molecule has 0 aromatic heterocycles. The highest BCUT2D eigenvalue weighted by molar-refractivity contribution is 6.04. The number of Topliss-reactive ketones (excluding diaryl/α,β-unsaturated/α-hetero) is 1. The summed E-state index contributed by atoms with van der Waals surface area (Å²) in [6.07, 6.45) is 0.273. The summed E-state index contributed by atoms with van der Waals surface area (Å²) in [5.74, 6) is -0.291. The van der Waals surface area contributed by atoms with E-state index in [1.165, 1.54) is 0 Å². The molecule has 2 rings (SSSR count). The van der Waals surface area contributed by atoms with Gasteiger partial charge in [0.1, 0.15) is 11.5 Å². The third-order valence-corrected chi connectivity index (χ3v) is 3.14. The minimum absolute atomic E-state index is 0.00548. The molecule has 0 amide bonds. The van der Waals surface area contributed by atoms with Crippen LogP contribution in [0.4, 0.5) is 0 Å². The molecule has 3 N–H and O–H groups in total. The van der Waals surface area contributed by atoms with Crippen molar-refractivity contribution in [3.63, 3.8) is 0 Å². The lowest BCUT2D eigenvalue weighted by atomic mass is 9.83. The van der Waals surface area contributed by atoms with Crippen molar-refractivity contribution in [3.05, 3.63) is 40.6 Å². The Morgan fingerprint density at radius 2 is 1.94 bits per heavy atom. The van der Waals surface area contributed by atoms with Crippen LogP contribution in [0.15, 0.2) is 23.9 Å². The van der Waals surface area contributed by atoms with Crippen LogP contribution < -0.4 is 5.73 Å². The maximum atomic E-state index is 11.5. The van der Waals surface area contributed by atoms with Crippen LogP contribution in [0.5, 0.6) is 0 Å². The molecule has 0 bridgehead atoms. The number of carbonyl (C=O) groups is 1. The van der Waals surface area contributed by atoms with Gasteiger partial charge >= 0.3 is 0 Å². The summed E-state index contributed by atoms with van der Waals surface area (Å²) < 4.78 is 0. The number of allylic oxidation sites excluding steroid dienone is 1. The number of benzene rings is 1. The van der Waals surface area contributed by atoms with Crippen LogP contribution in [0.3, 0.4) is 0 Å². The molecule has 0 aliphatic heterocycles. The van der Waals surface area contributed by atoms with E-state index >= 15 is 0 Å². The van der Waals surface area contributed by atoms with Crippen LogP contribution in [0, 0.1) is 0 Å². The van der Waals surface area contributed by atoms with Crippen molar-refractivity contribution in [1.82, 2.24) is 0 Å². The highest BCUT2D eigenvalue weighted by Crippen LogP contribution is 2.30. The van der Waals surface area contributed by atoms with Crippen molar-refractivity contribution in [1.29, 1.82) is 0 Å². The van der Waals surface area contributed by atoms with Gasteiger partial charge in [0.05, 0.1) is 0 Å². The molecule has 1 aliphatic rings. The summed E-state index contributed by atoms with van der Waals surface area (Å²) in [6.45, 7) is 6.31. The number of hydrogen-bond donors (Lipinski definition) is 2. The second-order valence-corrected chi connectivity index (χ2v) is 5.48. The fourth-order valence-electron chi connectivity index (χ4n) is 1.96. The fraction of sp³-hybridized carbons (Fsp3) is 0.357. The van der Waals surface area contributed by atoms with E-state index in [4.69, 9.17) is 5.73 Å². The number of carbonyl (C=O) groups excluding carboxylic acids is 1. The van der Waals surface area contributed by atoms with Crippen molar-refractivity contribution in [2.24, 2.45) is 5.73 Å². The summed E-state index contributed by atoms with van der Waals surface area (Å²) in [6, 6.07) is 5.82. The molecule has 3 nitrogen and oxygen atoms in total. The van der Waals surface area contributed by atoms with Crippen molar-refractivity contribution < 1.29 is 9.90 Å². The van der Waals surface area contributed by atoms with Gasteiger partial charge in [0.15, 0.2) is 5.78 Å². The number of ketones is 1. The fourth-order valence-corrected chi connectivity index (χ4v) is 1.96. The van der Waals surface area contributed by atoms with Gasteiger partial charge in [-0.3, -0.25) is 4.79 Å². The second kappa shape index (κ2) is 3.62. The average molecular weight is 231 g/mol. The first-order valence-electron chi connectivity index (χ1n) is 5.66. The third-order valence-electron chi connectivity index (χ3n) is 3.14. The average Bonchev–Trinajstić information content (AvgIpc) is 2.24. The predicted molar refractivity (Wildman–Crippen MR) is 67.6 cm³/mol. The van der Waals surface area contributed by atoms with Gasteiger partial charge in [0.2, 0.25) is 0 Å². The van der Waals surface area contributed by atoms with E-state index in [-0.39, 0.29) is 29.1 Å². The first kappa shape index (κ1) is 11.7. The van der Waals surface area contributed by atoms with E-state index in [1.807, 2.05) is 18.2 Å². The Balaban J connectivity index is 2.60. The van der Waals surface area contributed by atoms with Crippen LogP contribution in [-0.2, 0) is 16.6 Å². The normalized spacial score (nSPS) is 16.1. The molecule has 1 aromatic rings. The Morgan fingerprint density at radius 3 is 2.53 bits per heavy atom. The zero-order chi connectivity index (χ0) is 12.8. The van der Waals surface area contributed by atoms with Gasteiger partial charge in [0, 0.05) is 12.0 Å². The number of hydrogen-bond acceptors (Lipinski definition) is 3. The molecule has 0 heterocycles. The molecule has 0 spiro atoms. The van der Waals surface area contributed by atoms with E-state index < -0.39 is 0 Å². The molecule has 1 aromatic carbocycles. The summed E-state index contributed by atoms with van der Waals surface area (Å²) in [5.41, 5.74) is 8.20. The molecule has 0 fully saturated rings. The quantitative estimate of drug-likeness (QED) is 0.720. The van der Waals surface area contributed by atoms with Gasteiger partial charge in [-0.2, -0.15) is 0 Å². The molecular formula is C14H17NO2. The Kier molecular flexibility index (Phi) is 2.49. The Labute approximate surface area is 101 Å². The van der Waals surface area contributed by atoms with E-state index in [9.17, 15) is 9.90 Å².